The van der Waals surface area contributed by atoms with Gasteiger partial charge in [-0.25, -0.2) is 0 Å². The third-order valence-corrected chi connectivity index (χ3v) is 4.27. The summed E-state index contributed by atoms with van der Waals surface area (Å²) in [7, 11) is 0. The monoisotopic (exact) mass is 270 g/mol. The zero-order valence-corrected chi connectivity index (χ0v) is 12.2. The van der Waals surface area contributed by atoms with E-state index in [9.17, 15) is 9.90 Å². The van der Waals surface area contributed by atoms with Crippen molar-refractivity contribution < 1.29 is 14.6 Å². The smallest absolute Gasteiger partial charge is 0.323 e. The van der Waals surface area contributed by atoms with Crippen molar-refractivity contribution in [1.82, 2.24) is 10.2 Å². The number of hydrogen-bond acceptors (Lipinski definition) is 4. The van der Waals surface area contributed by atoms with Crippen LogP contribution in [0.25, 0.3) is 0 Å². The van der Waals surface area contributed by atoms with Gasteiger partial charge >= 0.3 is 5.97 Å². The number of rotatable bonds is 6. The highest BCUT2D eigenvalue weighted by molar-refractivity contribution is 5.78. The number of carboxylic acids is 1. The van der Waals surface area contributed by atoms with Crippen molar-refractivity contribution >= 4 is 5.97 Å². The quantitative estimate of drug-likeness (QED) is 0.756. The molecule has 0 spiro atoms. The lowest BCUT2D eigenvalue weighted by atomic mass is 9.95. The Morgan fingerprint density at radius 1 is 1.53 bits per heavy atom. The molecule has 1 saturated heterocycles. The van der Waals surface area contributed by atoms with E-state index in [1.807, 2.05) is 0 Å². The van der Waals surface area contributed by atoms with Crippen LogP contribution in [-0.2, 0) is 9.53 Å². The van der Waals surface area contributed by atoms with Crippen molar-refractivity contribution in [2.75, 3.05) is 26.3 Å². The van der Waals surface area contributed by atoms with Gasteiger partial charge in [0.25, 0.3) is 0 Å². The lowest BCUT2D eigenvalue weighted by molar-refractivity contribution is -0.145. The lowest BCUT2D eigenvalue weighted by Crippen LogP contribution is -2.57. The average Bonchev–Trinajstić information content (AvgIpc) is 3.10. The van der Waals surface area contributed by atoms with Gasteiger partial charge in [0.05, 0.1) is 13.2 Å². The molecular weight excluding hydrogens is 244 g/mol. The molecule has 0 aromatic heterocycles. The SMILES string of the molecule is CC(CCN1CCOCC1(C)C)(NC1CC1)C(=O)O. The van der Waals surface area contributed by atoms with Gasteiger partial charge in [-0.05, 0) is 40.0 Å². The molecule has 2 rings (SSSR count). The number of aliphatic carboxylic acids is 1. The van der Waals surface area contributed by atoms with Gasteiger partial charge in [-0.1, -0.05) is 0 Å². The maximum Gasteiger partial charge on any atom is 0.323 e. The largest absolute Gasteiger partial charge is 0.480 e. The first-order valence-electron chi connectivity index (χ1n) is 7.17. The molecule has 110 valence electrons. The Hall–Kier alpha value is -0.650. The Kier molecular flexibility index (Phi) is 4.18. The second kappa shape index (κ2) is 5.38. The molecular formula is C14H26N2O3. The Morgan fingerprint density at radius 2 is 2.21 bits per heavy atom. The van der Waals surface area contributed by atoms with Crippen LogP contribution in [0, 0.1) is 0 Å². The second-order valence-electron chi connectivity index (χ2n) is 6.66. The minimum absolute atomic E-state index is 0.00273. The van der Waals surface area contributed by atoms with E-state index in [1.54, 1.807) is 6.92 Å². The maximum atomic E-state index is 11.5. The van der Waals surface area contributed by atoms with E-state index in [-0.39, 0.29) is 5.54 Å². The van der Waals surface area contributed by atoms with Crippen LogP contribution >= 0.6 is 0 Å². The fourth-order valence-corrected chi connectivity index (χ4v) is 2.58. The van der Waals surface area contributed by atoms with E-state index in [1.165, 1.54) is 0 Å². The van der Waals surface area contributed by atoms with E-state index in [2.05, 4.69) is 24.1 Å². The van der Waals surface area contributed by atoms with E-state index < -0.39 is 11.5 Å². The first-order chi connectivity index (χ1) is 8.83. The molecule has 0 amide bonds. The second-order valence-corrected chi connectivity index (χ2v) is 6.66. The maximum absolute atomic E-state index is 11.5. The van der Waals surface area contributed by atoms with Crippen LogP contribution in [0.5, 0.6) is 0 Å². The van der Waals surface area contributed by atoms with Crippen LogP contribution in [0.3, 0.4) is 0 Å². The fourth-order valence-electron chi connectivity index (χ4n) is 2.58. The van der Waals surface area contributed by atoms with Crippen LogP contribution in [0.1, 0.15) is 40.0 Å². The molecule has 0 aromatic rings. The van der Waals surface area contributed by atoms with E-state index in [0.717, 1.165) is 32.5 Å². The summed E-state index contributed by atoms with van der Waals surface area (Å²) in [5, 5.41) is 12.7. The summed E-state index contributed by atoms with van der Waals surface area (Å²) in [6, 6.07) is 0.402. The minimum atomic E-state index is -0.810. The molecule has 19 heavy (non-hydrogen) atoms. The van der Waals surface area contributed by atoms with Gasteiger partial charge in [-0.15, -0.1) is 0 Å². The third kappa shape index (κ3) is 3.68. The fraction of sp³-hybridized carbons (Fsp3) is 0.929. The third-order valence-electron chi connectivity index (χ3n) is 4.27. The predicted molar refractivity (Wildman–Crippen MR) is 73.3 cm³/mol. The first-order valence-corrected chi connectivity index (χ1v) is 7.17. The van der Waals surface area contributed by atoms with Crippen molar-refractivity contribution in [3.05, 3.63) is 0 Å². The van der Waals surface area contributed by atoms with Gasteiger partial charge in [-0.3, -0.25) is 15.0 Å². The van der Waals surface area contributed by atoms with E-state index >= 15 is 0 Å². The highest BCUT2D eigenvalue weighted by atomic mass is 16.5. The summed E-state index contributed by atoms with van der Waals surface area (Å²) in [6.45, 7) is 9.24. The molecule has 1 unspecified atom stereocenters. The summed E-state index contributed by atoms with van der Waals surface area (Å²) in [5.74, 6) is -0.745. The average molecular weight is 270 g/mol. The predicted octanol–water partition coefficient (Wildman–Crippen LogP) is 1.08. The van der Waals surface area contributed by atoms with Gasteiger partial charge < -0.3 is 9.84 Å². The zero-order valence-electron chi connectivity index (χ0n) is 12.2. The topological polar surface area (TPSA) is 61.8 Å². The minimum Gasteiger partial charge on any atom is -0.480 e. The summed E-state index contributed by atoms with van der Waals surface area (Å²) in [5.41, 5.74) is -0.813. The van der Waals surface area contributed by atoms with E-state index in [0.29, 0.717) is 19.1 Å². The summed E-state index contributed by atoms with van der Waals surface area (Å²) in [4.78, 5) is 13.9. The number of morpholine rings is 1. The Labute approximate surface area is 115 Å². The number of nitrogens with zero attached hydrogens (tertiary/aromatic N) is 1. The number of carboxylic acid groups (broad SMARTS) is 1. The molecule has 5 nitrogen and oxygen atoms in total. The van der Waals surface area contributed by atoms with Crippen LogP contribution in [0.2, 0.25) is 0 Å². The Morgan fingerprint density at radius 3 is 2.74 bits per heavy atom. The highest BCUT2D eigenvalue weighted by Gasteiger charge is 2.40. The van der Waals surface area contributed by atoms with Crippen LogP contribution in [0.15, 0.2) is 0 Å². The highest BCUT2D eigenvalue weighted by Crippen LogP contribution is 2.26. The number of ether oxygens (including phenoxy) is 1. The molecule has 2 fully saturated rings. The van der Waals surface area contributed by atoms with Crippen molar-refractivity contribution in [1.29, 1.82) is 0 Å². The molecule has 0 radical (unpaired) electrons. The van der Waals surface area contributed by atoms with Crippen LogP contribution in [-0.4, -0.2) is 59.4 Å². The molecule has 1 aliphatic carbocycles. The van der Waals surface area contributed by atoms with Crippen molar-refractivity contribution in [3.63, 3.8) is 0 Å². The van der Waals surface area contributed by atoms with Crippen molar-refractivity contribution in [2.45, 2.75) is 57.2 Å². The normalized spacial score (nSPS) is 26.9. The van der Waals surface area contributed by atoms with Crippen molar-refractivity contribution in [2.24, 2.45) is 0 Å². The lowest BCUT2D eigenvalue weighted by Gasteiger charge is -2.43. The molecule has 1 atom stereocenters. The zero-order chi connectivity index (χ0) is 14.1. The molecule has 5 heteroatoms. The standard InChI is InChI=1S/C14H26N2O3/c1-13(2)10-19-9-8-16(13)7-6-14(3,12(17)18)15-11-4-5-11/h11,15H,4-10H2,1-3H3,(H,17,18). The molecule has 1 heterocycles. The summed E-state index contributed by atoms with van der Waals surface area (Å²) < 4.78 is 5.50. The Bertz CT molecular complexity index is 342. The van der Waals surface area contributed by atoms with Crippen LogP contribution < -0.4 is 5.32 Å². The molecule has 0 bridgehead atoms. The molecule has 1 aliphatic heterocycles. The van der Waals surface area contributed by atoms with Crippen molar-refractivity contribution in [3.8, 4) is 0 Å². The summed E-state index contributed by atoms with van der Waals surface area (Å²) >= 11 is 0. The first kappa shape index (κ1) is 14.8. The molecule has 0 aromatic carbocycles. The number of nitrogens with one attached hydrogen (secondary N) is 1. The summed E-state index contributed by atoms with van der Waals surface area (Å²) in [6.07, 6.45) is 2.83. The number of hydrogen-bond donors (Lipinski definition) is 2. The van der Waals surface area contributed by atoms with Gasteiger partial charge in [0.15, 0.2) is 0 Å². The van der Waals surface area contributed by atoms with Gasteiger partial charge in [0.2, 0.25) is 0 Å². The van der Waals surface area contributed by atoms with Gasteiger partial charge in [0.1, 0.15) is 5.54 Å². The Balaban J connectivity index is 1.92. The van der Waals surface area contributed by atoms with Gasteiger partial charge in [0, 0.05) is 24.7 Å². The molecule has 1 saturated carbocycles. The molecule has 2 N–H and O–H groups in total. The van der Waals surface area contributed by atoms with E-state index in [4.69, 9.17) is 4.74 Å². The van der Waals surface area contributed by atoms with Gasteiger partial charge in [-0.2, -0.15) is 0 Å². The van der Waals surface area contributed by atoms with Crippen LogP contribution in [0.4, 0.5) is 0 Å². The number of carbonyl (C=O) groups is 1. The molecule has 2 aliphatic rings.